The quantitative estimate of drug-likeness (QED) is 0.251. The van der Waals surface area contributed by atoms with E-state index in [1.807, 2.05) is 34.6 Å². The Morgan fingerprint density at radius 2 is 1.86 bits per heavy atom. The molecular formula is C30H49NO6. The second-order valence-electron chi connectivity index (χ2n) is 12.1. The minimum atomic E-state index is -0.611. The summed E-state index contributed by atoms with van der Waals surface area (Å²) < 4.78 is 22.5. The van der Waals surface area contributed by atoms with E-state index in [0.29, 0.717) is 32.0 Å². The second-order valence-corrected chi connectivity index (χ2v) is 12.1. The highest BCUT2D eigenvalue weighted by molar-refractivity contribution is 5.75. The first-order chi connectivity index (χ1) is 17.3. The number of cyclic esters (lactones) is 1. The van der Waals surface area contributed by atoms with E-state index in [0.717, 1.165) is 24.2 Å². The van der Waals surface area contributed by atoms with E-state index in [4.69, 9.17) is 18.9 Å². The molecule has 1 saturated heterocycles. The second kappa shape index (κ2) is 14.0. The molecule has 0 aliphatic carbocycles. The van der Waals surface area contributed by atoms with Gasteiger partial charge < -0.3 is 24.3 Å². The van der Waals surface area contributed by atoms with E-state index in [-0.39, 0.29) is 35.9 Å². The molecule has 1 heterocycles. The van der Waals surface area contributed by atoms with E-state index in [9.17, 15) is 9.59 Å². The summed E-state index contributed by atoms with van der Waals surface area (Å²) in [5.74, 6) is 1.36. The first-order valence-electron chi connectivity index (χ1n) is 13.7. The van der Waals surface area contributed by atoms with Gasteiger partial charge in [-0.25, -0.2) is 4.79 Å². The van der Waals surface area contributed by atoms with Crippen molar-refractivity contribution in [3.05, 3.63) is 29.3 Å². The average Bonchev–Trinajstić information content (AvgIpc) is 3.18. The third kappa shape index (κ3) is 10.2. The summed E-state index contributed by atoms with van der Waals surface area (Å²) in [5.41, 5.74) is 1.68. The molecule has 210 valence electrons. The Morgan fingerprint density at radius 3 is 2.43 bits per heavy atom. The van der Waals surface area contributed by atoms with E-state index in [1.54, 1.807) is 7.11 Å². The van der Waals surface area contributed by atoms with Gasteiger partial charge in [0, 0.05) is 20.1 Å². The fourth-order valence-electron chi connectivity index (χ4n) is 4.72. The number of methoxy groups -OCH3 is 1. The maximum Gasteiger partial charge on any atom is 0.408 e. The number of ether oxygens (including phenoxy) is 4. The van der Waals surface area contributed by atoms with Crippen LogP contribution in [0.15, 0.2) is 18.2 Å². The van der Waals surface area contributed by atoms with Crippen molar-refractivity contribution in [3.63, 3.8) is 0 Å². The highest BCUT2D eigenvalue weighted by Gasteiger charge is 2.42. The van der Waals surface area contributed by atoms with Gasteiger partial charge in [-0.15, -0.1) is 0 Å². The number of carbonyl (C=O) groups is 2. The van der Waals surface area contributed by atoms with Gasteiger partial charge in [0.1, 0.15) is 17.5 Å². The topological polar surface area (TPSA) is 83.1 Å². The number of aryl methyl sites for hydroxylation is 1. The van der Waals surface area contributed by atoms with Crippen LogP contribution >= 0.6 is 0 Å². The van der Waals surface area contributed by atoms with Gasteiger partial charge in [-0.1, -0.05) is 39.8 Å². The largest absolute Gasteiger partial charge is 0.493 e. The summed E-state index contributed by atoms with van der Waals surface area (Å²) in [6.07, 6.45) is 2.10. The van der Waals surface area contributed by atoms with Gasteiger partial charge in [-0.2, -0.15) is 0 Å². The average molecular weight is 520 g/mol. The lowest BCUT2D eigenvalue weighted by Gasteiger charge is -2.31. The maximum absolute atomic E-state index is 12.8. The molecule has 0 aromatic heterocycles. The van der Waals surface area contributed by atoms with Crippen molar-refractivity contribution in [2.45, 2.75) is 98.8 Å². The van der Waals surface area contributed by atoms with Crippen LogP contribution in [-0.4, -0.2) is 50.1 Å². The van der Waals surface area contributed by atoms with Gasteiger partial charge in [0.25, 0.3) is 0 Å². The SMILES string of the molecule is COCCCOc1cc(C[C@@H](C[C@H](NC(=O)OC(C)(C)C)[C@@H]2CC(C(C)C)C(=O)O2)C(C)C)ccc1C. The maximum atomic E-state index is 12.8. The molecule has 0 bridgehead atoms. The van der Waals surface area contributed by atoms with Gasteiger partial charge in [0.2, 0.25) is 0 Å². The number of hydrogen-bond acceptors (Lipinski definition) is 6. The summed E-state index contributed by atoms with van der Waals surface area (Å²) in [5, 5.41) is 3.05. The molecule has 1 aromatic carbocycles. The third-order valence-corrected chi connectivity index (χ3v) is 7.01. The zero-order valence-corrected chi connectivity index (χ0v) is 24.4. The van der Waals surface area contributed by atoms with Crippen molar-refractivity contribution in [2.75, 3.05) is 20.3 Å². The van der Waals surface area contributed by atoms with Crippen molar-refractivity contribution < 1.29 is 28.5 Å². The smallest absolute Gasteiger partial charge is 0.408 e. The van der Waals surface area contributed by atoms with Gasteiger partial charge in [-0.3, -0.25) is 4.79 Å². The molecule has 1 fully saturated rings. The van der Waals surface area contributed by atoms with Gasteiger partial charge >= 0.3 is 12.1 Å². The van der Waals surface area contributed by atoms with Gasteiger partial charge in [0.05, 0.1) is 18.6 Å². The zero-order chi connectivity index (χ0) is 27.8. The van der Waals surface area contributed by atoms with Crippen LogP contribution in [0.5, 0.6) is 5.75 Å². The van der Waals surface area contributed by atoms with E-state index in [2.05, 4.69) is 44.3 Å². The number of nitrogens with one attached hydrogen (secondary N) is 1. The lowest BCUT2D eigenvalue weighted by molar-refractivity contribution is -0.146. The fourth-order valence-corrected chi connectivity index (χ4v) is 4.72. The number of hydrogen-bond donors (Lipinski definition) is 1. The molecule has 1 aromatic rings. The lowest BCUT2D eigenvalue weighted by atomic mass is 9.81. The molecule has 1 unspecified atom stereocenters. The molecule has 7 heteroatoms. The van der Waals surface area contributed by atoms with E-state index in [1.165, 1.54) is 5.56 Å². The predicted molar refractivity (Wildman–Crippen MR) is 146 cm³/mol. The van der Waals surface area contributed by atoms with Crippen molar-refractivity contribution in [1.29, 1.82) is 0 Å². The third-order valence-electron chi connectivity index (χ3n) is 7.01. The molecular weight excluding hydrogens is 470 g/mol. The van der Waals surface area contributed by atoms with Crippen LogP contribution in [0.3, 0.4) is 0 Å². The van der Waals surface area contributed by atoms with E-state index >= 15 is 0 Å². The molecule has 4 atom stereocenters. The zero-order valence-electron chi connectivity index (χ0n) is 24.4. The minimum absolute atomic E-state index is 0.152. The molecule has 1 aliphatic rings. The molecule has 0 saturated carbocycles. The highest BCUT2D eigenvalue weighted by atomic mass is 16.6. The predicted octanol–water partition coefficient (Wildman–Crippen LogP) is 6.10. The first-order valence-corrected chi connectivity index (χ1v) is 13.7. The Kier molecular flexibility index (Phi) is 11.7. The van der Waals surface area contributed by atoms with E-state index < -0.39 is 11.7 Å². The van der Waals surface area contributed by atoms with Gasteiger partial charge in [0.15, 0.2) is 0 Å². The Hall–Kier alpha value is -2.28. The first kappa shape index (κ1) is 30.9. The number of alkyl carbamates (subject to hydrolysis) is 1. The summed E-state index contributed by atoms with van der Waals surface area (Å²) in [6.45, 7) is 17.3. The molecule has 1 N–H and O–H groups in total. The normalized spacial score (nSPS) is 19.6. The number of carbonyl (C=O) groups excluding carboxylic acids is 2. The number of rotatable bonds is 13. The molecule has 7 nitrogen and oxygen atoms in total. The summed E-state index contributed by atoms with van der Waals surface area (Å²) >= 11 is 0. The lowest BCUT2D eigenvalue weighted by Crippen LogP contribution is -2.47. The van der Waals surface area contributed by atoms with Gasteiger partial charge in [-0.05, 0) is 81.9 Å². The Balaban J connectivity index is 2.20. The number of benzene rings is 1. The number of amides is 1. The fraction of sp³-hybridized carbons (Fsp3) is 0.733. The molecule has 1 aliphatic heterocycles. The van der Waals surface area contributed by atoms with Crippen LogP contribution in [0.25, 0.3) is 0 Å². The molecule has 2 rings (SSSR count). The number of esters is 1. The van der Waals surface area contributed by atoms with Crippen LogP contribution in [-0.2, 0) is 25.4 Å². The molecule has 1 amide bonds. The van der Waals surface area contributed by atoms with Crippen molar-refractivity contribution in [2.24, 2.45) is 23.7 Å². The Morgan fingerprint density at radius 1 is 1.16 bits per heavy atom. The summed E-state index contributed by atoms with van der Waals surface area (Å²) in [6, 6.07) is 6.04. The summed E-state index contributed by atoms with van der Waals surface area (Å²) in [4.78, 5) is 25.3. The van der Waals surface area contributed by atoms with Crippen LogP contribution in [0.4, 0.5) is 4.79 Å². The molecule has 0 radical (unpaired) electrons. The monoisotopic (exact) mass is 519 g/mol. The van der Waals surface area contributed by atoms with Crippen molar-refractivity contribution >= 4 is 12.1 Å². The highest BCUT2D eigenvalue weighted by Crippen LogP contribution is 2.33. The van der Waals surface area contributed by atoms with Crippen molar-refractivity contribution in [1.82, 2.24) is 5.32 Å². The Labute approximate surface area is 224 Å². The van der Waals surface area contributed by atoms with Crippen LogP contribution in [0, 0.1) is 30.6 Å². The van der Waals surface area contributed by atoms with Crippen molar-refractivity contribution in [3.8, 4) is 5.75 Å². The van der Waals surface area contributed by atoms with Crippen LogP contribution < -0.4 is 10.1 Å². The molecule has 37 heavy (non-hydrogen) atoms. The standard InChI is InChI=1S/C30H49NO6/c1-19(2)23(15-22-12-11-21(5)26(16-22)35-14-10-13-34-9)17-25(31-29(33)37-30(6,7)8)27-18-24(20(3)4)28(32)36-27/h11-12,16,19-20,23-25,27H,10,13-15,17-18H2,1-9H3,(H,31,33)/t23-,24?,25-,27-/m0/s1. The van der Waals surface area contributed by atoms with Crippen LogP contribution in [0.2, 0.25) is 0 Å². The Bertz CT molecular complexity index is 875. The summed E-state index contributed by atoms with van der Waals surface area (Å²) in [7, 11) is 1.69. The molecule has 0 spiro atoms. The van der Waals surface area contributed by atoms with Crippen LogP contribution in [0.1, 0.15) is 78.9 Å². The minimum Gasteiger partial charge on any atom is -0.493 e.